The van der Waals surface area contributed by atoms with Crippen LogP contribution in [0.4, 0.5) is 0 Å². The summed E-state index contributed by atoms with van der Waals surface area (Å²) in [5, 5.41) is 0. The van der Waals surface area contributed by atoms with E-state index in [1.165, 1.54) is 0 Å². The third-order valence-electron chi connectivity index (χ3n) is 2.39. The molecule has 0 bridgehead atoms. The van der Waals surface area contributed by atoms with Crippen molar-refractivity contribution in [3.8, 4) is 0 Å². The molecule has 4 nitrogen and oxygen atoms in total. The van der Waals surface area contributed by atoms with Gasteiger partial charge < -0.3 is 5.73 Å². The number of hydrogen-bond donors (Lipinski definition) is 2. The maximum atomic E-state index is 11.6. The highest BCUT2D eigenvalue weighted by Gasteiger charge is 2.15. The summed E-state index contributed by atoms with van der Waals surface area (Å²) in [6, 6.07) is -0.0394. The topological polar surface area (TPSA) is 72.2 Å². The first kappa shape index (κ1) is 13.3. The molecule has 92 valence electrons. The van der Waals surface area contributed by atoms with Gasteiger partial charge in [0.05, 0.1) is 5.75 Å². The maximum Gasteiger partial charge on any atom is 0.211 e. The van der Waals surface area contributed by atoms with Crippen LogP contribution in [0.1, 0.15) is 26.7 Å². The van der Waals surface area contributed by atoms with E-state index in [-0.39, 0.29) is 17.7 Å². The molecule has 0 aromatic carbocycles. The monoisotopic (exact) mass is 244 g/mol. The van der Waals surface area contributed by atoms with Gasteiger partial charge in [-0.1, -0.05) is 12.2 Å². The van der Waals surface area contributed by atoms with Crippen molar-refractivity contribution < 1.29 is 8.42 Å². The van der Waals surface area contributed by atoms with Gasteiger partial charge in [-0.15, -0.1) is 0 Å². The summed E-state index contributed by atoms with van der Waals surface area (Å²) in [7, 11) is -3.13. The second-order valence-corrected chi connectivity index (χ2v) is 6.31. The van der Waals surface area contributed by atoms with Crippen LogP contribution in [0, 0.1) is 5.92 Å². The van der Waals surface area contributed by atoms with Crippen molar-refractivity contribution >= 4 is 10.0 Å². The normalized spacial score (nSPS) is 21.2. The third kappa shape index (κ3) is 4.81. The average Bonchev–Trinajstić information content (AvgIpc) is 2.15. The van der Waals surface area contributed by atoms with Gasteiger partial charge in [-0.05, 0) is 38.7 Å². The van der Waals surface area contributed by atoms with Crippen molar-refractivity contribution in [3.63, 3.8) is 0 Å². The van der Waals surface area contributed by atoms with Crippen LogP contribution >= 0.6 is 0 Å². The number of sulfonamides is 1. The molecule has 16 heavy (non-hydrogen) atoms. The van der Waals surface area contributed by atoms with Crippen molar-refractivity contribution in [2.24, 2.45) is 11.7 Å². The molecule has 0 fully saturated rings. The molecule has 1 aliphatic rings. The van der Waals surface area contributed by atoms with Crippen LogP contribution < -0.4 is 10.5 Å². The maximum absolute atomic E-state index is 11.6. The zero-order chi connectivity index (χ0) is 12.2. The molecule has 0 aliphatic heterocycles. The van der Waals surface area contributed by atoms with Crippen molar-refractivity contribution in [1.29, 1.82) is 0 Å². The predicted molar refractivity (Wildman–Crippen MR) is 66.2 cm³/mol. The number of allylic oxidation sites excluding steroid dienone is 3. The van der Waals surface area contributed by atoms with Crippen LogP contribution in [0.15, 0.2) is 23.9 Å². The van der Waals surface area contributed by atoms with Gasteiger partial charge in [0.25, 0.3) is 0 Å². The fraction of sp³-hybridized carbons (Fsp3) is 0.636. The van der Waals surface area contributed by atoms with Crippen LogP contribution in [0.3, 0.4) is 0 Å². The summed E-state index contributed by atoms with van der Waals surface area (Å²) in [6.45, 7) is 3.64. The van der Waals surface area contributed by atoms with Crippen LogP contribution in [0.2, 0.25) is 0 Å². The third-order valence-corrected chi connectivity index (χ3v) is 3.99. The lowest BCUT2D eigenvalue weighted by molar-refractivity contribution is 0.554. The van der Waals surface area contributed by atoms with E-state index >= 15 is 0 Å². The largest absolute Gasteiger partial charge is 0.399 e. The Bertz CT molecular complexity index is 383. The van der Waals surface area contributed by atoms with E-state index in [4.69, 9.17) is 5.73 Å². The second-order valence-electron chi connectivity index (χ2n) is 4.44. The summed E-state index contributed by atoms with van der Waals surface area (Å²) < 4.78 is 25.7. The van der Waals surface area contributed by atoms with Gasteiger partial charge in [0.2, 0.25) is 10.0 Å². The van der Waals surface area contributed by atoms with Crippen LogP contribution in [0.25, 0.3) is 0 Å². The first-order valence-corrected chi connectivity index (χ1v) is 7.18. The van der Waals surface area contributed by atoms with E-state index in [0.29, 0.717) is 6.42 Å². The Morgan fingerprint density at radius 3 is 2.75 bits per heavy atom. The fourth-order valence-electron chi connectivity index (χ4n) is 1.62. The zero-order valence-electron chi connectivity index (χ0n) is 9.81. The van der Waals surface area contributed by atoms with Gasteiger partial charge in [-0.3, -0.25) is 0 Å². The van der Waals surface area contributed by atoms with E-state index in [1.807, 2.05) is 32.1 Å². The van der Waals surface area contributed by atoms with Gasteiger partial charge in [-0.25, -0.2) is 13.1 Å². The molecule has 0 heterocycles. The van der Waals surface area contributed by atoms with E-state index in [2.05, 4.69) is 4.72 Å². The first-order chi connectivity index (χ1) is 7.39. The lowest BCUT2D eigenvalue weighted by Crippen LogP contribution is -2.32. The zero-order valence-corrected chi connectivity index (χ0v) is 10.6. The molecule has 1 unspecified atom stereocenters. The van der Waals surface area contributed by atoms with Gasteiger partial charge in [0.15, 0.2) is 0 Å². The summed E-state index contributed by atoms with van der Waals surface area (Å²) in [4.78, 5) is 0. The summed E-state index contributed by atoms with van der Waals surface area (Å²) in [5.74, 6) is 0.463. The number of hydrogen-bond acceptors (Lipinski definition) is 3. The minimum atomic E-state index is -3.13. The lowest BCUT2D eigenvalue weighted by Gasteiger charge is -2.15. The van der Waals surface area contributed by atoms with Gasteiger partial charge in [-0.2, -0.15) is 0 Å². The van der Waals surface area contributed by atoms with Gasteiger partial charge in [0.1, 0.15) is 0 Å². The predicted octanol–water partition coefficient (Wildman–Crippen LogP) is 1.12. The highest BCUT2D eigenvalue weighted by molar-refractivity contribution is 7.89. The number of rotatable bonds is 5. The first-order valence-electron chi connectivity index (χ1n) is 5.53. The minimum absolute atomic E-state index is 0.0394. The van der Waals surface area contributed by atoms with Crippen molar-refractivity contribution in [3.05, 3.63) is 23.9 Å². The van der Waals surface area contributed by atoms with Crippen LogP contribution in [0.5, 0.6) is 0 Å². The molecule has 0 saturated carbocycles. The van der Waals surface area contributed by atoms with Crippen molar-refractivity contribution in [1.82, 2.24) is 4.72 Å². The molecule has 0 amide bonds. The molecule has 0 aromatic rings. The van der Waals surface area contributed by atoms with Crippen molar-refractivity contribution in [2.75, 3.05) is 5.75 Å². The van der Waals surface area contributed by atoms with Crippen molar-refractivity contribution in [2.45, 2.75) is 32.7 Å². The highest BCUT2D eigenvalue weighted by Crippen LogP contribution is 2.17. The standard InChI is InChI=1S/C11H20N2O2S/c1-9(2)13-16(14,15)8-7-10-3-5-11(12)6-4-10/h3,5-6,9-10,13H,4,7-8,12H2,1-2H3. The minimum Gasteiger partial charge on any atom is -0.399 e. The highest BCUT2D eigenvalue weighted by atomic mass is 32.2. The van der Waals surface area contributed by atoms with Crippen LogP contribution in [-0.4, -0.2) is 20.2 Å². The molecule has 1 aliphatic carbocycles. The number of nitrogens with two attached hydrogens (primary N) is 1. The Morgan fingerprint density at radius 1 is 1.56 bits per heavy atom. The van der Waals surface area contributed by atoms with Gasteiger partial charge in [0, 0.05) is 11.7 Å². The molecular weight excluding hydrogens is 224 g/mol. The van der Waals surface area contributed by atoms with Gasteiger partial charge >= 0.3 is 0 Å². The molecule has 0 aromatic heterocycles. The number of nitrogens with one attached hydrogen (secondary N) is 1. The smallest absolute Gasteiger partial charge is 0.211 e. The second kappa shape index (κ2) is 5.50. The Kier molecular flexibility index (Phi) is 4.56. The molecule has 0 saturated heterocycles. The fourth-order valence-corrected chi connectivity index (χ4v) is 3.07. The molecule has 0 spiro atoms. The molecular formula is C11H20N2O2S. The molecule has 1 rings (SSSR count). The Balaban J connectivity index is 2.38. The van der Waals surface area contributed by atoms with Crippen LogP contribution in [-0.2, 0) is 10.0 Å². The van der Waals surface area contributed by atoms with E-state index < -0.39 is 10.0 Å². The SMILES string of the molecule is CC(C)NS(=O)(=O)CCC1C=CC(N)=CC1. The summed E-state index contributed by atoms with van der Waals surface area (Å²) >= 11 is 0. The molecule has 1 atom stereocenters. The van der Waals surface area contributed by atoms with E-state index in [9.17, 15) is 8.42 Å². The lowest BCUT2D eigenvalue weighted by atomic mass is 9.97. The quantitative estimate of drug-likeness (QED) is 0.761. The van der Waals surface area contributed by atoms with E-state index in [1.54, 1.807) is 0 Å². The Morgan fingerprint density at radius 2 is 2.25 bits per heavy atom. The summed E-state index contributed by atoms with van der Waals surface area (Å²) in [6.07, 6.45) is 7.24. The molecule has 0 radical (unpaired) electrons. The summed E-state index contributed by atoms with van der Waals surface area (Å²) in [5.41, 5.74) is 6.35. The molecule has 3 N–H and O–H groups in total. The molecule has 5 heteroatoms. The average molecular weight is 244 g/mol. The Labute approximate surface area is 97.7 Å². The van der Waals surface area contributed by atoms with E-state index in [0.717, 1.165) is 12.1 Å². The Hall–Kier alpha value is -0.810.